The van der Waals surface area contributed by atoms with Crippen LogP contribution in [0.15, 0.2) is 42.5 Å². The average molecular weight is 292 g/mol. The molecule has 0 saturated carbocycles. The average Bonchev–Trinajstić information content (AvgIpc) is 2.42. The van der Waals surface area contributed by atoms with Crippen molar-refractivity contribution in [3.05, 3.63) is 70.0 Å². The van der Waals surface area contributed by atoms with Crippen LogP contribution in [-0.4, -0.2) is 6.54 Å². The summed E-state index contributed by atoms with van der Waals surface area (Å²) in [6, 6.07) is 13.4. The van der Waals surface area contributed by atoms with Crippen molar-refractivity contribution in [1.82, 2.24) is 5.32 Å². The van der Waals surface area contributed by atoms with Crippen molar-refractivity contribution in [3.63, 3.8) is 0 Å². The highest BCUT2D eigenvalue weighted by Gasteiger charge is 2.17. The molecule has 1 nitrogen and oxygen atoms in total. The fourth-order valence-corrected chi connectivity index (χ4v) is 2.58. The fourth-order valence-electron chi connectivity index (χ4n) is 2.40. The van der Waals surface area contributed by atoms with Gasteiger partial charge in [-0.1, -0.05) is 60.5 Å². The maximum Gasteiger partial charge on any atom is 0.146 e. The molecule has 0 fully saturated rings. The minimum atomic E-state index is -0.326. The Bertz CT molecular complexity index is 583. The number of halogens is 2. The van der Waals surface area contributed by atoms with Gasteiger partial charge in [0, 0.05) is 11.6 Å². The summed E-state index contributed by atoms with van der Waals surface area (Å²) in [7, 11) is 0. The number of aryl methyl sites for hydroxylation is 1. The van der Waals surface area contributed by atoms with Crippen LogP contribution in [-0.2, 0) is 6.42 Å². The molecular weight excluding hydrogens is 273 g/mol. The topological polar surface area (TPSA) is 12.0 Å². The molecule has 0 aromatic heterocycles. The summed E-state index contributed by atoms with van der Waals surface area (Å²) in [6.07, 6.45) is 0.743. The summed E-state index contributed by atoms with van der Waals surface area (Å²) in [5.74, 6) is -0.326. The molecule has 1 N–H and O–H groups in total. The highest BCUT2D eigenvalue weighted by atomic mass is 35.5. The van der Waals surface area contributed by atoms with Crippen molar-refractivity contribution in [2.24, 2.45) is 0 Å². The molecule has 1 unspecified atom stereocenters. The monoisotopic (exact) mass is 291 g/mol. The Balaban J connectivity index is 2.29. The molecule has 0 aliphatic rings. The van der Waals surface area contributed by atoms with Crippen molar-refractivity contribution >= 4 is 11.6 Å². The van der Waals surface area contributed by atoms with Crippen LogP contribution in [0.4, 0.5) is 4.39 Å². The van der Waals surface area contributed by atoms with Gasteiger partial charge in [-0.25, -0.2) is 4.39 Å². The number of hydrogen-bond donors (Lipinski definition) is 1. The van der Waals surface area contributed by atoms with Crippen LogP contribution in [0.2, 0.25) is 5.02 Å². The minimum Gasteiger partial charge on any atom is -0.310 e. The second-order valence-corrected chi connectivity index (χ2v) is 5.35. The van der Waals surface area contributed by atoms with Gasteiger partial charge in [0.15, 0.2) is 0 Å². The summed E-state index contributed by atoms with van der Waals surface area (Å²) in [5.41, 5.74) is 3.03. The fraction of sp³-hybridized carbons (Fsp3) is 0.294. The van der Waals surface area contributed by atoms with Gasteiger partial charge in [-0.2, -0.15) is 0 Å². The van der Waals surface area contributed by atoms with E-state index in [1.165, 1.54) is 11.1 Å². The molecule has 2 aromatic rings. The molecule has 20 heavy (non-hydrogen) atoms. The highest BCUT2D eigenvalue weighted by molar-refractivity contribution is 6.30. The highest BCUT2D eigenvalue weighted by Crippen LogP contribution is 2.26. The molecular formula is C17H19ClFN. The summed E-state index contributed by atoms with van der Waals surface area (Å²) in [4.78, 5) is 0. The maximum absolute atomic E-state index is 14.2. The predicted octanol–water partition coefficient (Wildman–Crippen LogP) is 4.68. The zero-order valence-electron chi connectivity index (χ0n) is 11.8. The van der Waals surface area contributed by atoms with Gasteiger partial charge >= 0.3 is 0 Å². The molecule has 2 rings (SSSR count). The van der Waals surface area contributed by atoms with Crippen LogP contribution in [0.1, 0.15) is 29.7 Å². The SMILES string of the molecule is CCNC(Cc1cccc(C)c1)c1cccc(Cl)c1F. The van der Waals surface area contributed by atoms with Gasteiger partial charge in [-0.15, -0.1) is 0 Å². The van der Waals surface area contributed by atoms with Gasteiger partial charge < -0.3 is 5.32 Å². The van der Waals surface area contributed by atoms with E-state index in [-0.39, 0.29) is 16.9 Å². The van der Waals surface area contributed by atoms with E-state index in [1.807, 2.05) is 13.0 Å². The van der Waals surface area contributed by atoms with Crippen molar-refractivity contribution in [1.29, 1.82) is 0 Å². The summed E-state index contributed by atoms with van der Waals surface area (Å²) in [6.45, 7) is 4.86. The lowest BCUT2D eigenvalue weighted by atomic mass is 9.97. The molecule has 0 aliphatic heterocycles. The van der Waals surface area contributed by atoms with Crippen LogP contribution < -0.4 is 5.32 Å². The molecule has 0 bridgehead atoms. The summed E-state index contributed by atoms with van der Waals surface area (Å²) < 4.78 is 14.2. The molecule has 0 radical (unpaired) electrons. The van der Waals surface area contributed by atoms with E-state index in [0.29, 0.717) is 5.56 Å². The molecule has 0 amide bonds. The smallest absolute Gasteiger partial charge is 0.146 e. The predicted molar refractivity (Wildman–Crippen MR) is 82.7 cm³/mol. The van der Waals surface area contributed by atoms with Crippen molar-refractivity contribution < 1.29 is 4.39 Å². The Morgan fingerprint density at radius 3 is 2.65 bits per heavy atom. The Morgan fingerprint density at radius 2 is 1.95 bits per heavy atom. The van der Waals surface area contributed by atoms with E-state index >= 15 is 0 Å². The van der Waals surface area contributed by atoms with Gasteiger partial charge in [0.1, 0.15) is 5.82 Å². The zero-order chi connectivity index (χ0) is 14.5. The van der Waals surface area contributed by atoms with E-state index in [1.54, 1.807) is 18.2 Å². The second-order valence-electron chi connectivity index (χ2n) is 4.95. The van der Waals surface area contributed by atoms with Crippen LogP contribution in [0, 0.1) is 12.7 Å². The Hall–Kier alpha value is -1.38. The third-order valence-corrected chi connectivity index (χ3v) is 3.62. The van der Waals surface area contributed by atoms with E-state index < -0.39 is 0 Å². The molecule has 0 aliphatic carbocycles. The summed E-state index contributed by atoms with van der Waals surface area (Å²) >= 11 is 5.88. The first kappa shape index (κ1) is 15.0. The van der Waals surface area contributed by atoms with Crippen molar-refractivity contribution in [3.8, 4) is 0 Å². The number of benzene rings is 2. The number of likely N-dealkylation sites (N-methyl/N-ethyl adjacent to an activating group) is 1. The van der Waals surface area contributed by atoms with E-state index in [9.17, 15) is 4.39 Å². The van der Waals surface area contributed by atoms with Gasteiger partial charge in [0.25, 0.3) is 0 Å². The molecule has 1 atom stereocenters. The molecule has 2 aromatic carbocycles. The lowest BCUT2D eigenvalue weighted by Crippen LogP contribution is -2.24. The normalized spacial score (nSPS) is 12.4. The lowest BCUT2D eigenvalue weighted by Gasteiger charge is -2.20. The lowest BCUT2D eigenvalue weighted by molar-refractivity contribution is 0.510. The number of hydrogen-bond acceptors (Lipinski definition) is 1. The maximum atomic E-state index is 14.2. The molecule has 106 valence electrons. The minimum absolute atomic E-state index is 0.0690. The first-order chi connectivity index (χ1) is 9.61. The van der Waals surface area contributed by atoms with E-state index in [2.05, 4.69) is 30.4 Å². The van der Waals surface area contributed by atoms with Gasteiger partial charge in [-0.3, -0.25) is 0 Å². The molecule has 0 heterocycles. The van der Waals surface area contributed by atoms with Crippen LogP contribution in [0.25, 0.3) is 0 Å². The largest absolute Gasteiger partial charge is 0.310 e. The molecule has 3 heteroatoms. The van der Waals surface area contributed by atoms with Crippen LogP contribution in [0.3, 0.4) is 0 Å². The quantitative estimate of drug-likeness (QED) is 0.843. The number of nitrogens with one attached hydrogen (secondary N) is 1. The van der Waals surface area contributed by atoms with E-state index in [4.69, 9.17) is 11.6 Å². The van der Waals surface area contributed by atoms with E-state index in [0.717, 1.165) is 13.0 Å². The van der Waals surface area contributed by atoms with Crippen LogP contribution in [0.5, 0.6) is 0 Å². The van der Waals surface area contributed by atoms with Crippen LogP contribution >= 0.6 is 11.6 Å². The Labute approximate surface area is 124 Å². The third-order valence-electron chi connectivity index (χ3n) is 3.33. The summed E-state index contributed by atoms with van der Waals surface area (Å²) in [5, 5.41) is 3.51. The first-order valence-electron chi connectivity index (χ1n) is 6.84. The Morgan fingerprint density at radius 1 is 1.20 bits per heavy atom. The van der Waals surface area contributed by atoms with Gasteiger partial charge in [0.05, 0.1) is 5.02 Å². The third kappa shape index (κ3) is 3.59. The van der Waals surface area contributed by atoms with Crippen molar-refractivity contribution in [2.75, 3.05) is 6.54 Å². The number of rotatable bonds is 5. The van der Waals surface area contributed by atoms with Gasteiger partial charge in [0.2, 0.25) is 0 Å². The van der Waals surface area contributed by atoms with Gasteiger partial charge in [-0.05, 0) is 31.5 Å². The standard InChI is InChI=1S/C17H19ClFN/c1-3-20-16(11-13-7-4-6-12(2)10-13)14-8-5-9-15(18)17(14)19/h4-10,16,20H,3,11H2,1-2H3. The second kappa shape index (κ2) is 6.87. The zero-order valence-corrected chi connectivity index (χ0v) is 12.5. The first-order valence-corrected chi connectivity index (χ1v) is 7.22. The molecule has 0 saturated heterocycles. The molecule has 0 spiro atoms. The van der Waals surface area contributed by atoms with Crippen molar-refractivity contribution in [2.45, 2.75) is 26.3 Å². The Kier molecular flexibility index (Phi) is 5.16.